The third-order valence-corrected chi connectivity index (χ3v) is 1.58. The molecular weight excluding hydrogens is 136 g/mol. The molecule has 0 rings (SSSR count). The minimum absolute atomic E-state index is 0.352. The number of hydrogen-bond donors (Lipinski definition) is 1. The molecule has 0 heterocycles. The van der Waals surface area contributed by atoms with Crippen LogP contribution in [-0.2, 0) is 0 Å². The summed E-state index contributed by atoms with van der Waals surface area (Å²) in [5.41, 5.74) is -0.821. The molecule has 0 spiro atoms. The van der Waals surface area contributed by atoms with Gasteiger partial charge in [0.2, 0.25) is 0 Å². The molecule has 1 N–H and O–H groups in total. The third-order valence-electron chi connectivity index (χ3n) is 1.58. The van der Waals surface area contributed by atoms with Crippen molar-refractivity contribution < 1.29 is 5.11 Å². The van der Waals surface area contributed by atoms with Gasteiger partial charge >= 0.3 is 0 Å². The molecule has 0 unspecified atom stereocenters. The average molecular weight is 150 g/mol. The van der Waals surface area contributed by atoms with Gasteiger partial charge in [-0.05, 0) is 6.42 Å². The SMILES string of the molecule is C#CCC(O)(CC#C)CCC. The van der Waals surface area contributed by atoms with Crippen molar-refractivity contribution in [3.63, 3.8) is 0 Å². The standard InChI is InChI=1S/C10H14O/c1-4-7-10(11,8-5-2)9-6-3/h1-2,11H,6-9H2,3H3. The zero-order chi connectivity index (χ0) is 8.74. The van der Waals surface area contributed by atoms with E-state index in [4.69, 9.17) is 12.8 Å². The second kappa shape index (κ2) is 4.83. The first-order valence-corrected chi connectivity index (χ1v) is 3.78. The van der Waals surface area contributed by atoms with Crippen molar-refractivity contribution in [3.8, 4) is 24.7 Å². The Labute approximate surface area is 68.8 Å². The van der Waals surface area contributed by atoms with Crippen LogP contribution in [0.1, 0.15) is 32.6 Å². The summed E-state index contributed by atoms with van der Waals surface area (Å²) in [5.74, 6) is 4.86. The van der Waals surface area contributed by atoms with Gasteiger partial charge in [-0.2, -0.15) is 0 Å². The Morgan fingerprint density at radius 1 is 1.27 bits per heavy atom. The molecule has 1 heteroatoms. The van der Waals surface area contributed by atoms with Gasteiger partial charge < -0.3 is 5.11 Å². The average Bonchev–Trinajstić information content (AvgIpc) is 1.88. The Morgan fingerprint density at radius 2 is 1.73 bits per heavy atom. The molecule has 0 aromatic carbocycles. The molecule has 0 amide bonds. The molecule has 0 fully saturated rings. The van der Waals surface area contributed by atoms with E-state index in [0.717, 1.165) is 6.42 Å². The fourth-order valence-corrected chi connectivity index (χ4v) is 1.08. The Balaban J connectivity index is 4.05. The van der Waals surface area contributed by atoms with Crippen LogP contribution in [0.3, 0.4) is 0 Å². The largest absolute Gasteiger partial charge is 0.388 e. The first-order valence-electron chi connectivity index (χ1n) is 3.78. The highest BCUT2D eigenvalue weighted by Crippen LogP contribution is 2.20. The summed E-state index contributed by atoms with van der Waals surface area (Å²) < 4.78 is 0. The maximum Gasteiger partial charge on any atom is 0.0864 e. The van der Waals surface area contributed by atoms with Gasteiger partial charge in [-0.15, -0.1) is 24.7 Å². The lowest BCUT2D eigenvalue weighted by atomic mass is 9.91. The Kier molecular flexibility index (Phi) is 4.42. The van der Waals surface area contributed by atoms with Crippen molar-refractivity contribution in [2.75, 3.05) is 0 Å². The second-order valence-corrected chi connectivity index (χ2v) is 2.74. The molecular formula is C10H14O. The minimum atomic E-state index is -0.821. The van der Waals surface area contributed by atoms with Gasteiger partial charge in [0.1, 0.15) is 0 Å². The fraction of sp³-hybridized carbons (Fsp3) is 0.600. The van der Waals surface area contributed by atoms with Crippen LogP contribution in [0, 0.1) is 24.7 Å². The van der Waals surface area contributed by atoms with Crippen molar-refractivity contribution >= 4 is 0 Å². The molecule has 0 aromatic rings. The second-order valence-electron chi connectivity index (χ2n) is 2.74. The van der Waals surface area contributed by atoms with Crippen LogP contribution < -0.4 is 0 Å². The van der Waals surface area contributed by atoms with Crippen molar-refractivity contribution in [1.82, 2.24) is 0 Å². The van der Waals surface area contributed by atoms with Crippen LogP contribution in [0.15, 0.2) is 0 Å². The monoisotopic (exact) mass is 150 g/mol. The summed E-state index contributed by atoms with van der Waals surface area (Å²) in [6.07, 6.45) is 12.5. The summed E-state index contributed by atoms with van der Waals surface area (Å²) in [5, 5.41) is 9.73. The molecule has 0 bridgehead atoms. The summed E-state index contributed by atoms with van der Waals surface area (Å²) in [4.78, 5) is 0. The molecule has 0 atom stereocenters. The lowest BCUT2D eigenvalue weighted by Crippen LogP contribution is -2.26. The number of rotatable bonds is 4. The van der Waals surface area contributed by atoms with E-state index >= 15 is 0 Å². The van der Waals surface area contributed by atoms with Gasteiger partial charge in [-0.1, -0.05) is 13.3 Å². The van der Waals surface area contributed by atoms with Gasteiger partial charge in [0.15, 0.2) is 0 Å². The van der Waals surface area contributed by atoms with Crippen molar-refractivity contribution in [2.24, 2.45) is 0 Å². The maximum atomic E-state index is 9.73. The minimum Gasteiger partial charge on any atom is -0.388 e. The molecule has 0 saturated carbocycles. The topological polar surface area (TPSA) is 20.2 Å². The summed E-state index contributed by atoms with van der Waals surface area (Å²) in [7, 11) is 0. The summed E-state index contributed by atoms with van der Waals surface area (Å²) in [6, 6.07) is 0. The molecule has 0 radical (unpaired) electrons. The van der Waals surface area contributed by atoms with E-state index < -0.39 is 5.60 Å². The van der Waals surface area contributed by atoms with Crippen LogP contribution in [0.5, 0.6) is 0 Å². The zero-order valence-corrected chi connectivity index (χ0v) is 6.93. The fourth-order valence-electron chi connectivity index (χ4n) is 1.08. The Bertz CT molecular complexity index is 164. The van der Waals surface area contributed by atoms with E-state index in [1.54, 1.807) is 0 Å². The van der Waals surface area contributed by atoms with Gasteiger partial charge in [-0.3, -0.25) is 0 Å². The normalized spacial score (nSPS) is 10.2. The maximum absolute atomic E-state index is 9.73. The van der Waals surface area contributed by atoms with Gasteiger partial charge in [0, 0.05) is 12.8 Å². The first-order chi connectivity index (χ1) is 5.18. The molecule has 11 heavy (non-hydrogen) atoms. The highest BCUT2D eigenvalue weighted by atomic mass is 16.3. The lowest BCUT2D eigenvalue weighted by molar-refractivity contribution is 0.0410. The summed E-state index contributed by atoms with van der Waals surface area (Å²) in [6.45, 7) is 2.00. The number of hydrogen-bond acceptors (Lipinski definition) is 1. The molecule has 0 aromatic heterocycles. The van der Waals surface area contributed by atoms with Crippen molar-refractivity contribution in [1.29, 1.82) is 0 Å². The van der Waals surface area contributed by atoms with E-state index in [1.165, 1.54) is 0 Å². The zero-order valence-electron chi connectivity index (χ0n) is 6.93. The predicted molar refractivity (Wildman–Crippen MR) is 46.8 cm³/mol. The molecule has 0 aliphatic heterocycles. The molecule has 0 aliphatic carbocycles. The van der Waals surface area contributed by atoms with E-state index in [1.807, 2.05) is 6.92 Å². The Hall–Kier alpha value is -0.920. The van der Waals surface area contributed by atoms with Crippen LogP contribution in [0.25, 0.3) is 0 Å². The van der Waals surface area contributed by atoms with Crippen LogP contribution in [0.2, 0.25) is 0 Å². The highest BCUT2D eigenvalue weighted by molar-refractivity contribution is 5.01. The molecule has 0 saturated heterocycles. The van der Waals surface area contributed by atoms with E-state index in [0.29, 0.717) is 19.3 Å². The van der Waals surface area contributed by atoms with Crippen LogP contribution in [-0.4, -0.2) is 10.7 Å². The van der Waals surface area contributed by atoms with Crippen LogP contribution in [0.4, 0.5) is 0 Å². The van der Waals surface area contributed by atoms with Gasteiger partial charge in [0.05, 0.1) is 5.60 Å². The molecule has 0 aliphatic rings. The van der Waals surface area contributed by atoms with Crippen molar-refractivity contribution in [3.05, 3.63) is 0 Å². The molecule has 60 valence electrons. The molecule has 1 nitrogen and oxygen atoms in total. The summed E-state index contributed by atoms with van der Waals surface area (Å²) >= 11 is 0. The lowest BCUT2D eigenvalue weighted by Gasteiger charge is -2.22. The number of aliphatic hydroxyl groups is 1. The smallest absolute Gasteiger partial charge is 0.0864 e. The third kappa shape index (κ3) is 3.71. The predicted octanol–water partition coefficient (Wildman–Crippen LogP) is 1.56. The van der Waals surface area contributed by atoms with Crippen molar-refractivity contribution in [2.45, 2.75) is 38.2 Å². The highest BCUT2D eigenvalue weighted by Gasteiger charge is 2.22. The van der Waals surface area contributed by atoms with Crippen LogP contribution >= 0.6 is 0 Å². The number of terminal acetylenes is 2. The van der Waals surface area contributed by atoms with Gasteiger partial charge in [-0.25, -0.2) is 0 Å². The van der Waals surface area contributed by atoms with Gasteiger partial charge in [0.25, 0.3) is 0 Å². The Morgan fingerprint density at radius 3 is 2.00 bits per heavy atom. The van der Waals surface area contributed by atoms with E-state index in [9.17, 15) is 5.11 Å². The quantitative estimate of drug-likeness (QED) is 0.603. The van der Waals surface area contributed by atoms with E-state index in [-0.39, 0.29) is 0 Å². The first kappa shape index (κ1) is 10.1. The van der Waals surface area contributed by atoms with E-state index in [2.05, 4.69) is 11.8 Å².